The quantitative estimate of drug-likeness (QED) is 0.371. The highest BCUT2D eigenvalue weighted by Gasteiger charge is 2.42. The highest BCUT2D eigenvalue weighted by molar-refractivity contribution is 5.93. The molecular weight excluding hydrogens is 448 g/mol. The van der Waals surface area contributed by atoms with E-state index in [0.717, 1.165) is 35.4 Å². The zero-order valence-corrected chi connectivity index (χ0v) is 17.8. The SMILES string of the molecule is O=C(NCCC(c1ccccc1)c1ccccc1)c1nnn(-c2ccc(F)cc2)c1C(F)(F)F. The Labute approximate surface area is 193 Å². The Balaban J connectivity index is 1.54. The number of nitrogens with one attached hydrogen (secondary N) is 1. The summed E-state index contributed by atoms with van der Waals surface area (Å²) in [5.74, 6) is -1.65. The number of hydrogen-bond acceptors (Lipinski definition) is 3. The van der Waals surface area contributed by atoms with Crippen molar-refractivity contribution >= 4 is 5.91 Å². The molecule has 0 aliphatic carbocycles. The smallest absolute Gasteiger partial charge is 0.351 e. The molecule has 1 aromatic heterocycles. The van der Waals surface area contributed by atoms with Gasteiger partial charge in [0.25, 0.3) is 5.91 Å². The molecule has 34 heavy (non-hydrogen) atoms. The van der Waals surface area contributed by atoms with E-state index >= 15 is 0 Å². The molecule has 0 radical (unpaired) electrons. The summed E-state index contributed by atoms with van der Waals surface area (Å²) in [4.78, 5) is 12.7. The van der Waals surface area contributed by atoms with Gasteiger partial charge in [-0.25, -0.2) is 9.07 Å². The fourth-order valence-corrected chi connectivity index (χ4v) is 3.76. The van der Waals surface area contributed by atoms with E-state index in [1.54, 1.807) is 0 Å². The van der Waals surface area contributed by atoms with Gasteiger partial charge in [0.05, 0.1) is 5.69 Å². The lowest BCUT2D eigenvalue weighted by atomic mass is 9.88. The summed E-state index contributed by atoms with van der Waals surface area (Å²) in [5.41, 5.74) is -0.164. The van der Waals surface area contributed by atoms with E-state index in [4.69, 9.17) is 0 Å². The fourth-order valence-electron chi connectivity index (χ4n) is 3.76. The standard InChI is InChI=1S/C25H20F4N4O/c26-19-11-13-20(14-12-19)33-23(25(27,28)29)22(31-32-33)24(34)30-16-15-21(17-7-3-1-4-8-17)18-9-5-2-6-10-18/h1-14,21H,15-16H2,(H,30,34). The minimum Gasteiger partial charge on any atom is -0.351 e. The van der Waals surface area contributed by atoms with E-state index in [-0.39, 0.29) is 18.2 Å². The van der Waals surface area contributed by atoms with E-state index in [1.165, 1.54) is 0 Å². The van der Waals surface area contributed by atoms with Gasteiger partial charge in [0.2, 0.25) is 0 Å². The number of nitrogens with zero attached hydrogens (tertiary/aromatic N) is 3. The lowest BCUT2D eigenvalue weighted by Gasteiger charge is -2.18. The van der Waals surface area contributed by atoms with Crippen molar-refractivity contribution in [1.29, 1.82) is 0 Å². The molecule has 4 aromatic rings. The molecule has 0 aliphatic rings. The van der Waals surface area contributed by atoms with Gasteiger partial charge in [-0.15, -0.1) is 5.10 Å². The van der Waals surface area contributed by atoms with Crippen molar-refractivity contribution in [1.82, 2.24) is 20.3 Å². The first-order valence-electron chi connectivity index (χ1n) is 10.5. The van der Waals surface area contributed by atoms with Crippen LogP contribution in [-0.2, 0) is 6.18 Å². The Kier molecular flexibility index (Phi) is 6.72. The van der Waals surface area contributed by atoms with Gasteiger partial charge in [0, 0.05) is 12.5 Å². The van der Waals surface area contributed by atoms with Gasteiger partial charge in [0.15, 0.2) is 11.4 Å². The predicted octanol–water partition coefficient (Wildman–Crippen LogP) is 5.38. The minimum atomic E-state index is -4.90. The number of hydrogen-bond donors (Lipinski definition) is 1. The number of benzene rings is 3. The van der Waals surface area contributed by atoms with Crippen LogP contribution in [0.2, 0.25) is 0 Å². The Hall–Kier alpha value is -4.01. The maximum Gasteiger partial charge on any atom is 0.435 e. The van der Waals surface area contributed by atoms with Gasteiger partial charge in [-0.05, 0) is 41.8 Å². The van der Waals surface area contributed by atoms with E-state index in [1.807, 2.05) is 60.7 Å². The van der Waals surface area contributed by atoms with Gasteiger partial charge in [-0.1, -0.05) is 65.9 Å². The lowest BCUT2D eigenvalue weighted by Crippen LogP contribution is -2.29. The van der Waals surface area contributed by atoms with Crippen molar-refractivity contribution in [3.63, 3.8) is 0 Å². The van der Waals surface area contributed by atoms with Crippen LogP contribution in [0, 0.1) is 5.82 Å². The predicted molar refractivity (Wildman–Crippen MR) is 118 cm³/mol. The summed E-state index contributed by atoms with van der Waals surface area (Å²) in [6, 6.07) is 23.6. The van der Waals surface area contributed by atoms with Crippen LogP contribution in [0.1, 0.15) is 39.6 Å². The highest BCUT2D eigenvalue weighted by atomic mass is 19.4. The van der Waals surface area contributed by atoms with Crippen molar-refractivity contribution in [2.75, 3.05) is 6.54 Å². The molecule has 0 saturated carbocycles. The zero-order chi connectivity index (χ0) is 24.1. The second-order valence-corrected chi connectivity index (χ2v) is 7.59. The molecular formula is C25H20F4N4O. The molecule has 1 N–H and O–H groups in total. The molecule has 0 fully saturated rings. The summed E-state index contributed by atoms with van der Waals surface area (Å²) in [6.07, 6.45) is -4.44. The Morgan fingerprint density at radius 1 is 0.882 bits per heavy atom. The van der Waals surface area contributed by atoms with E-state index < -0.39 is 29.3 Å². The molecule has 0 saturated heterocycles. The lowest BCUT2D eigenvalue weighted by molar-refractivity contribution is -0.143. The molecule has 174 valence electrons. The number of carbonyl (C=O) groups excluding carboxylic acids is 1. The molecule has 0 bridgehead atoms. The molecule has 0 atom stereocenters. The second-order valence-electron chi connectivity index (χ2n) is 7.59. The number of amides is 1. The first-order chi connectivity index (χ1) is 16.3. The van der Waals surface area contributed by atoms with Crippen molar-refractivity contribution in [2.24, 2.45) is 0 Å². The van der Waals surface area contributed by atoms with Crippen molar-refractivity contribution in [2.45, 2.75) is 18.5 Å². The third-order valence-electron chi connectivity index (χ3n) is 5.35. The van der Waals surface area contributed by atoms with E-state index in [2.05, 4.69) is 15.6 Å². The number of carbonyl (C=O) groups is 1. The molecule has 1 amide bonds. The Morgan fingerprint density at radius 2 is 1.44 bits per heavy atom. The average Bonchev–Trinajstić information content (AvgIpc) is 3.29. The van der Waals surface area contributed by atoms with Crippen LogP contribution < -0.4 is 5.32 Å². The zero-order valence-electron chi connectivity index (χ0n) is 17.8. The fraction of sp³-hybridized carbons (Fsp3) is 0.160. The molecule has 5 nitrogen and oxygen atoms in total. The number of rotatable bonds is 7. The van der Waals surface area contributed by atoms with Crippen LogP contribution in [0.15, 0.2) is 84.9 Å². The summed E-state index contributed by atoms with van der Waals surface area (Å²) in [7, 11) is 0. The molecule has 0 unspecified atom stereocenters. The van der Waals surface area contributed by atoms with Crippen LogP contribution in [0.3, 0.4) is 0 Å². The van der Waals surface area contributed by atoms with Crippen LogP contribution in [0.25, 0.3) is 5.69 Å². The third kappa shape index (κ3) is 5.14. The van der Waals surface area contributed by atoms with E-state index in [9.17, 15) is 22.4 Å². The average molecular weight is 468 g/mol. The first-order valence-corrected chi connectivity index (χ1v) is 10.5. The van der Waals surface area contributed by atoms with Crippen molar-refractivity contribution in [3.05, 3.63) is 113 Å². The highest BCUT2D eigenvalue weighted by Crippen LogP contribution is 2.33. The van der Waals surface area contributed by atoms with Crippen LogP contribution in [-0.4, -0.2) is 27.4 Å². The van der Waals surface area contributed by atoms with Crippen LogP contribution in [0.5, 0.6) is 0 Å². The summed E-state index contributed by atoms with van der Waals surface area (Å²) < 4.78 is 55.1. The Bertz CT molecular complexity index is 1200. The van der Waals surface area contributed by atoms with Gasteiger partial charge in [-0.2, -0.15) is 13.2 Å². The summed E-state index contributed by atoms with van der Waals surface area (Å²) >= 11 is 0. The monoisotopic (exact) mass is 468 g/mol. The number of aromatic nitrogens is 3. The molecule has 1 heterocycles. The molecule has 0 spiro atoms. The number of halogens is 4. The maximum atomic E-state index is 13.8. The maximum absolute atomic E-state index is 13.8. The minimum absolute atomic E-state index is 0.0558. The van der Waals surface area contributed by atoms with Gasteiger partial charge < -0.3 is 5.32 Å². The normalized spacial score (nSPS) is 11.6. The van der Waals surface area contributed by atoms with Crippen LogP contribution >= 0.6 is 0 Å². The van der Waals surface area contributed by atoms with Crippen LogP contribution in [0.4, 0.5) is 17.6 Å². The summed E-state index contributed by atoms with van der Waals surface area (Å²) in [6.45, 7) is 0.119. The van der Waals surface area contributed by atoms with E-state index in [0.29, 0.717) is 11.1 Å². The molecule has 4 rings (SSSR count). The van der Waals surface area contributed by atoms with Gasteiger partial charge in [0.1, 0.15) is 5.82 Å². The third-order valence-corrected chi connectivity index (χ3v) is 5.35. The second kappa shape index (κ2) is 9.86. The molecule has 0 aliphatic heterocycles. The Morgan fingerprint density at radius 3 is 1.97 bits per heavy atom. The number of alkyl halides is 3. The van der Waals surface area contributed by atoms with Crippen molar-refractivity contribution in [3.8, 4) is 5.69 Å². The van der Waals surface area contributed by atoms with Gasteiger partial charge >= 0.3 is 6.18 Å². The molecule has 3 aromatic carbocycles. The van der Waals surface area contributed by atoms with Gasteiger partial charge in [-0.3, -0.25) is 4.79 Å². The van der Waals surface area contributed by atoms with Crippen molar-refractivity contribution < 1.29 is 22.4 Å². The molecule has 9 heteroatoms. The largest absolute Gasteiger partial charge is 0.435 e. The topological polar surface area (TPSA) is 59.8 Å². The summed E-state index contributed by atoms with van der Waals surface area (Å²) in [5, 5.41) is 9.53. The first kappa shape index (κ1) is 23.2.